The van der Waals surface area contributed by atoms with Gasteiger partial charge in [-0.25, -0.2) is 4.98 Å². The molecule has 1 saturated heterocycles. The van der Waals surface area contributed by atoms with E-state index >= 15 is 0 Å². The maximum absolute atomic E-state index is 12.3. The highest BCUT2D eigenvalue weighted by Gasteiger charge is 2.19. The standard InChI is InChI=1S/C19H21N3O4S3/c23-17(6-3-13-7-9-20-10-8-13)22-19-21-15-5-4-14(12-16(15)28-19)26-29(24,25)18-2-1-11-27-18/h1-2,4-5,11-13,20H,3,6-10H2,(H,21,22,23). The molecule has 154 valence electrons. The largest absolute Gasteiger partial charge is 0.378 e. The first-order valence-corrected chi connectivity index (χ1v) is 12.5. The van der Waals surface area contributed by atoms with Crippen molar-refractivity contribution in [2.75, 3.05) is 18.4 Å². The highest BCUT2D eigenvalue weighted by atomic mass is 32.3. The summed E-state index contributed by atoms with van der Waals surface area (Å²) in [7, 11) is -3.84. The molecule has 0 spiro atoms. The molecule has 4 rings (SSSR count). The number of thiophene rings is 1. The fourth-order valence-corrected chi connectivity index (χ4v) is 6.05. The molecule has 1 amide bonds. The fourth-order valence-electron chi connectivity index (χ4n) is 3.27. The summed E-state index contributed by atoms with van der Waals surface area (Å²) in [5, 5.41) is 8.38. The molecular weight excluding hydrogens is 430 g/mol. The zero-order chi connectivity index (χ0) is 20.3. The smallest absolute Gasteiger partial charge is 0.348 e. The molecule has 2 N–H and O–H groups in total. The first kappa shape index (κ1) is 20.3. The minimum Gasteiger partial charge on any atom is -0.378 e. The van der Waals surface area contributed by atoms with Gasteiger partial charge in [0, 0.05) is 12.5 Å². The molecule has 7 nitrogen and oxygen atoms in total. The summed E-state index contributed by atoms with van der Waals surface area (Å²) < 4.78 is 30.7. The molecule has 1 aromatic carbocycles. The van der Waals surface area contributed by atoms with E-state index in [1.54, 1.807) is 29.6 Å². The molecule has 1 fully saturated rings. The predicted octanol–water partition coefficient (Wildman–Crippen LogP) is 3.84. The van der Waals surface area contributed by atoms with Crippen LogP contribution >= 0.6 is 22.7 Å². The van der Waals surface area contributed by atoms with Crippen LogP contribution in [-0.2, 0) is 14.9 Å². The second kappa shape index (κ2) is 8.78. The Balaban J connectivity index is 1.39. The van der Waals surface area contributed by atoms with Crippen molar-refractivity contribution < 1.29 is 17.4 Å². The van der Waals surface area contributed by atoms with Crippen molar-refractivity contribution in [2.24, 2.45) is 5.92 Å². The molecular formula is C19H21N3O4S3. The van der Waals surface area contributed by atoms with E-state index in [1.807, 2.05) is 0 Å². The topological polar surface area (TPSA) is 97.4 Å². The number of anilines is 1. The summed E-state index contributed by atoms with van der Waals surface area (Å²) in [5.74, 6) is 0.778. The number of thiazole rings is 1. The van der Waals surface area contributed by atoms with Crippen molar-refractivity contribution in [3.05, 3.63) is 35.7 Å². The number of piperidine rings is 1. The zero-order valence-corrected chi connectivity index (χ0v) is 18.0. The van der Waals surface area contributed by atoms with Crippen LogP contribution in [0.4, 0.5) is 5.13 Å². The fraction of sp³-hybridized carbons (Fsp3) is 0.368. The van der Waals surface area contributed by atoms with Gasteiger partial charge < -0.3 is 14.8 Å². The third-order valence-electron chi connectivity index (χ3n) is 4.79. The monoisotopic (exact) mass is 451 g/mol. The number of benzene rings is 1. The molecule has 0 bridgehead atoms. The number of nitrogens with zero attached hydrogens (tertiary/aromatic N) is 1. The minimum atomic E-state index is -3.84. The van der Waals surface area contributed by atoms with E-state index in [0.29, 0.717) is 23.0 Å². The van der Waals surface area contributed by atoms with Crippen LogP contribution in [0.5, 0.6) is 5.75 Å². The van der Waals surface area contributed by atoms with E-state index in [4.69, 9.17) is 4.18 Å². The van der Waals surface area contributed by atoms with Gasteiger partial charge in [-0.1, -0.05) is 17.4 Å². The number of rotatable bonds is 7. The lowest BCUT2D eigenvalue weighted by Gasteiger charge is -2.21. The second-order valence-corrected chi connectivity index (χ2v) is 10.6. The van der Waals surface area contributed by atoms with Crippen molar-refractivity contribution in [3.8, 4) is 5.75 Å². The summed E-state index contributed by atoms with van der Waals surface area (Å²) in [4.78, 5) is 16.7. The van der Waals surface area contributed by atoms with Gasteiger partial charge in [0.1, 0.15) is 5.75 Å². The average molecular weight is 452 g/mol. The van der Waals surface area contributed by atoms with Gasteiger partial charge in [0.2, 0.25) is 5.91 Å². The minimum absolute atomic E-state index is 0.0423. The highest BCUT2D eigenvalue weighted by molar-refractivity contribution is 7.89. The molecule has 0 radical (unpaired) electrons. The summed E-state index contributed by atoms with van der Waals surface area (Å²) in [6.07, 6.45) is 3.60. The summed E-state index contributed by atoms with van der Waals surface area (Å²) >= 11 is 2.40. The van der Waals surface area contributed by atoms with E-state index in [0.717, 1.165) is 48.4 Å². The summed E-state index contributed by atoms with van der Waals surface area (Å²) in [5.41, 5.74) is 0.685. The molecule has 0 saturated carbocycles. The Kier molecular flexibility index (Phi) is 6.14. The molecule has 0 atom stereocenters. The lowest BCUT2D eigenvalue weighted by atomic mass is 9.93. The molecule has 0 aliphatic carbocycles. The number of hydrogen-bond acceptors (Lipinski definition) is 8. The number of nitrogens with one attached hydrogen (secondary N) is 2. The lowest BCUT2D eigenvalue weighted by molar-refractivity contribution is -0.116. The summed E-state index contributed by atoms with van der Waals surface area (Å²) in [6, 6.07) is 8.05. The van der Waals surface area contributed by atoms with Gasteiger partial charge in [0.25, 0.3) is 0 Å². The van der Waals surface area contributed by atoms with Gasteiger partial charge in [-0.05, 0) is 61.8 Å². The molecule has 0 unspecified atom stereocenters. The molecule has 1 aliphatic rings. The number of amides is 1. The van der Waals surface area contributed by atoms with Crippen molar-refractivity contribution in [1.82, 2.24) is 10.3 Å². The predicted molar refractivity (Wildman–Crippen MR) is 115 cm³/mol. The molecule has 3 aromatic rings. The molecule has 3 heterocycles. The van der Waals surface area contributed by atoms with Crippen LogP contribution in [0.1, 0.15) is 25.7 Å². The Morgan fingerprint density at radius 3 is 2.86 bits per heavy atom. The van der Waals surface area contributed by atoms with Gasteiger partial charge in [0.15, 0.2) is 9.34 Å². The maximum Gasteiger partial charge on any atom is 0.348 e. The lowest BCUT2D eigenvalue weighted by Crippen LogP contribution is -2.28. The van der Waals surface area contributed by atoms with Crippen molar-refractivity contribution in [2.45, 2.75) is 29.9 Å². The van der Waals surface area contributed by atoms with E-state index in [9.17, 15) is 13.2 Å². The van der Waals surface area contributed by atoms with Crippen molar-refractivity contribution in [3.63, 3.8) is 0 Å². The Morgan fingerprint density at radius 2 is 2.10 bits per heavy atom. The van der Waals surface area contributed by atoms with Crippen LogP contribution in [0.25, 0.3) is 10.2 Å². The third kappa shape index (κ3) is 5.13. The van der Waals surface area contributed by atoms with Gasteiger partial charge in [-0.15, -0.1) is 11.3 Å². The molecule has 10 heteroatoms. The molecule has 1 aliphatic heterocycles. The van der Waals surface area contributed by atoms with E-state index in [-0.39, 0.29) is 15.9 Å². The number of aromatic nitrogens is 1. The zero-order valence-electron chi connectivity index (χ0n) is 15.6. The van der Waals surface area contributed by atoms with Crippen LogP contribution in [0.15, 0.2) is 39.9 Å². The van der Waals surface area contributed by atoms with Gasteiger partial charge in [-0.3, -0.25) is 4.79 Å². The van der Waals surface area contributed by atoms with Crippen molar-refractivity contribution in [1.29, 1.82) is 0 Å². The van der Waals surface area contributed by atoms with Crippen LogP contribution in [0.2, 0.25) is 0 Å². The Hall–Kier alpha value is -2.01. The van der Waals surface area contributed by atoms with Crippen LogP contribution in [0.3, 0.4) is 0 Å². The average Bonchev–Trinajstić information content (AvgIpc) is 3.36. The van der Waals surface area contributed by atoms with E-state index in [1.165, 1.54) is 17.4 Å². The number of fused-ring (bicyclic) bond motifs is 1. The molecule has 29 heavy (non-hydrogen) atoms. The third-order valence-corrected chi connectivity index (χ3v) is 8.33. The quantitative estimate of drug-likeness (QED) is 0.530. The molecule has 2 aromatic heterocycles. The Morgan fingerprint density at radius 1 is 1.28 bits per heavy atom. The Bertz CT molecular complexity index is 1090. The van der Waals surface area contributed by atoms with Gasteiger partial charge >= 0.3 is 10.1 Å². The number of hydrogen-bond donors (Lipinski definition) is 2. The number of carbonyl (C=O) groups excluding carboxylic acids is 1. The van der Waals surface area contributed by atoms with Crippen LogP contribution in [0, 0.1) is 5.92 Å². The normalized spacial score (nSPS) is 15.4. The van der Waals surface area contributed by atoms with Gasteiger partial charge in [0.05, 0.1) is 10.2 Å². The van der Waals surface area contributed by atoms with Gasteiger partial charge in [-0.2, -0.15) is 8.42 Å². The van der Waals surface area contributed by atoms with Crippen molar-refractivity contribution >= 4 is 54.0 Å². The van der Waals surface area contributed by atoms with Crippen LogP contribution < -0.4 is 14.8 Å². The first-order chi connectivity index (χ1) is 14.0. The van der Waals surface area contributed by atoms with E-state index in [2.05, 4.69) is 15.6 Å². The second-order valence-electron chi connectivity index (χ2n) is 6.90. The maximum atomic E-state index is 12.3. The number of carbonyl (C=O) groups is 1. The van der Waals surface area contributed by atoms with E-state index < -0.39 is 10.1 Å². The van der Waals surface area contributed by atoms with Crippen LogP contribution in [-0.4, -0.2) is 32.4 Å². The summed E-state index contributed by atoms with van der Waals surface area (Å²) in [6.45, 7) is 2.05. The SMILES string of the molecule is O=C(CCC1CCNCC1)Nc1nc2ccc(OS(=O)(=O)c3cccs3)cc2s1. The Labute approximate surface area is 177 Å². The highest BCUT2D eigenvalue weighted by Crippen LogP contribution is 2.31. The first-order valence-electron chi connectivity index (χ1n) is 9.39.